The molecule has 0 radical (unpaired) electrons. The number of halogens is 8. The fourth-order valence-corrected chi connectivity index (χ4v) is 0.474. The van der Waals surface area contributed by atoms with Gasteiger partial charge in [-0.2, -0.15) is 35.1 Å². The Morgan fingerprint density at radius 3 is 1.43 bits per heavy atom. The highest BCUT2D eigenvalue weighted by atomic mass is 19.4. The molecule has 0 aromatic rings. The smallest absolute Gasteiger partial charge is 0.383 e. The molecule has 0 spiro atoms. The van der Waals surface area contributed by atoms with Crippen LogP contribution in [0.1, 0.15) is 6.42 Å². The Bertz CT molecular complexity index is 191. The van der Waals surface area contributed by atoms with Crippen LogP contribution in [0.15, 0.2) is 0 Å². The van der Waals surface area contributed by atoms with Crippen LogP contribution < -0.4 is 0 Å². The van der Waals surface area contributed by atoms with E-state index < -0.39 is 30.8 Å². The molecular weight excluding hydrogens is 228 g/mol. The van der Waals surface area contributed by atoms with Crippen LogP contribution in [0, 0.1) is 0 Å². The molecule has 0 heterocycles. The summed E-state index contributed by atoms with van der Waals surface area (Å²) >= 11 is 0. The summed E-state index contributed by atoms with van der Waals surface area (Å²) in [5.74, 6) is -5.55. The number of alkyl halides is 8. The van der Waals surface area contributed by atoms with Crippen LogP contribution >= 0.6 is 0 Å². The summed E-state index contributed by atoms with van der Waals surface area (Å²) < 4.78 is 92.2. The van der Waals surface area contributed by atoms with E-state index >= 15 is 0 Å². The van der Waals surface area contributed by atoms with Crippen molar-refractivity contribution in [3.63, 3.8) is 0 Å². The first-order chi connectivity index (χ1) is 5.88. The summed E-state index contributed by atoms with van der Waals surface area (Å²) in [6.45, 7) is 0. The number of hydrogen-bond donors (Lipinski definition) is 1. The van der Waals surface area contributed by atoms with Gasteiger partial charge in [0.2, 0.25) is 0 Å². The third-order valence-corrected chi connectivity index (χ3v) is 1.24. The topological polar surface area (TPSA) is 20.2 Å². The molecule has 1 N–H and O–H groups in total. The second-order valence-corrected chi connectivity index (χ2v) is 2.46. The van der Waals surface area contributed by atoms with Gasteiger partial charge in [-0.15, -0.1) is 0 Å². The van der Waals surface area contributed by atoms with E-state index in [1.54, 1.807) is 0 Å². The predicted molar refractivity (Wildman–Crippen MR) is 27.7 cm³/mol. The number of aliphatic hydroxyl groups excluding tert-OH is 1. The van der Waals surface area contributed by atoms with Crippen molar-refractivity contribution < 1.29 is 40.2 Å². The fraction of sp³-hybridized carbons (Fsp3) is 1.00. The molecule has 0 bridgehead atoms. The Labute approximate surface area is 72.3 Å². The van der Waals surface area contributed by atoms with E-state index in [4.69, 9.17) is 5.11 Å². The highest BCUT2D eigenvalue weighted by Crippen LogP contribution is 2.41. The molecule has 1 nitrogen and oxygen atoms in total. The Morgan fingerprint density at radius 1 is 0.857 bits per heavy atom. The van der Waals surface area contributed by atoms with E-state index in [-0.39, 0.29) is 0 Å². The molecule has 0 saturated heterocycles. The summed E-state index contributed by atoms with van der Waals surface area (Å²) in [6, 6.07) is 0. The standard InChI is InChI=1S/C5H4F8O/c6-3(7,5(11,12)13)1-2(14)4(8,9)10/h2,14H,1H2/t2-/m1/s1. The predicted octanol–water partition coefficient (Wildman–Crippen LogP) is 2.50. The summed E-state index contributed by atoms with van der Waals surface area (Å²) in [5, 5.41) is 7.98. The minimum atomic E-state index is -6.10. The highest BCUT2D eigenvalue weighted by molar-refractivity contribution is 4.81. The zero-order valence-electron chi connectivity index (χ0n) is 6.26. The lowest BCUT2D eigenvalue weighted by atomic mass is 10.1. The van der Waals surface area contributed by atoms with Crippen molar-refractivity contribution in [1.82, 2.24) is 0 Å². The van der Waals surface area contributed by atoms with Crippen molar-refractivity contribution >= 4 is 0 Å². The Morgan fingerprint density at radius 2 is 1.21 bits per heavy atom. The minimum absolute atomic E-state index is 2.72. The summed E-state index contributed by atoms with van der Waals surface area (Å²) in [4.78, 5) is 0. The fourth-order valence-electron chi connectivity index (χ4n) is 0.474. The van der Waals surface area contributed by atoms with Crippen LogP contribution in [-0.4, -0.2) is 29.5 Å². The molecule has 14 heavy (non-hydrogen) atoms. The van der Waals surface area contributed by atoms with E-state index in [1.807, 2.05) is 0 Å². The lowest BCUT2D eigenvalue weighted by molar-refractivity contribution is -0.306. The molecule has 0 amide bonds. The van der Waals surface area contributed by atoms with Crippen molar-refractivity contribution in [2.45, 2.75) is 30.8 Å². The second kappa shape index (κ2) is 3.52. The molecule has 0 unspecified atom stereocenters. The first kappa shape index (κ1) is 13.4. The van der Waals surface area contributed by atoms with Gasteiger partial charge in [-0.05, 0) is 0 Å². The van der Waals surface area contributed by atoms with Gasteiger partial charge in [0.1, 0.15) is 0 Å². The molecule has 0 aromatic carbocycles. The number of rotatable bonds is 2. The van der Waals surface area contributed by atoms with Gasteiger partial charge in [-0.3, -0.25) is 0 Å². The van der Waals surface area contributed by atoms with Gasteiger partial charge in [0, 0.05) is 0 Å². The van der Waals surface area contributed by atoms with Crippen LogP contribution in [-0.2, 0) is 0 Å². The molecule has 9 heteroatoms. The maximum absolute atomic E-state index is 11.9. The minimum Gasteiger partial charge on any atom is -0.383 e. The molecule has 0 aliphatic carbocycles. The van der Waals surface area contributed by atoms with E-state index in [9.17, 15) is 35.1 Å². The van der Waals surface area contributed by atoms with Crippen LogP contribution in [0.2, 0.25) is 0 Å². The summed E-state index contributed by atoms with van der Waals surface area (Å²) in [7, 11) is 0. The lowest BCUT2D eigenvalue weighted by Crippen LogP contribution is -2.43. The van der Waals surface area contributed by atoms with E-state index in [0.29, 0.717) is 0 Å². The summed E-state index contributed by atoms with van der Waals surface area (Å²) in [5.41, 5.74) is 0. The van der Waals surface area contributed by atoms with Crippen molar-refractivity contribution in [1.29, 1.82) is 0 Å². The third-order valence-electron chi connectivity index (χ3n) is 1.24. The Hall–Kier alpha value is -0.600. The average Bonchev–Trinajstić information content (AvgIpc) is 1.80. The normalized spacial score (nSPS) is 16.9. The van der Waals surface area contributed by atoms with Crippen molar-refractivity contribution in [2.24, 2.45) is 0 Å². The van der Waals surface area contributed by atoms with Gasteiger partial charge in [0.15, 0.2) is 6.10 Å². The van der Waals surface area contributed by atoms with Gasteiger partial charge >= 0.3 is 18.3 Å². The molecule has 86 valence electrons. The van der Waals surface area contributed by atoms with Crippen molar-refractivity contribution in [3.8, 4) is 0 Å². The molecule has 0 aromatic heterocycles. The maximum atomic E-state index is 11.9. The van der Waals surface area contributed by atoms with Crippen LogP contribution in [0.25, 0.3) is 0 Å². The zero-order chi connectivity index (χ0) is 11.8. The van der Waals surface area contributed by atoms with Gasteiger partial charge in [-0.1, -0.05) is 0 Å². The first-order valence-electron chi connectivity index (χ1n) is 3.07. The molecule has 0 aliphatic rings. The SMILES string of the molecule is O[C@H](CC(F)(F)C(F)(F)F)C(F)(F)F. The molecule has 0 aliphatic heterocycles. The molecule has 1 atom stereocenters. The van der Waals surface area contributed by atoms with Crippen molar-refractivity contribution in [2.75, 3.05) is 0 Å². The second-order valence-electron chi connectivity index (χ2n) is 2.46. The van der Waals surface area contributed by atoms with E-state index in [2.05, 4.69) is 0 Å². The molecule has 0 rings (SSSR count). The molecular formula is C5H4F8O. The highest BCUT2D eigenvalue weighted by Gasteiger charge is 2.60. The van der Waals surface area contributed by atoms with Gasteiger partial charge in [0.05, 0.1) is 6.42 Å². The van der Waals surface area contributed by atoms with Gasteiger partial charge < -0.3 is 5.11 Å². The van der Waals surface area contributed by atoms with Crippen LogP contribution in [0.3, 0.4) is 0 Å². The van der Waals surface area contributed by atoms with Crippen LogP contribution in [0.4, 0.5) is 35.1 Å². The Kier molecular flexibility index (Phi) is 3.37. The average molecular weight is 232 g/mol. The van der Waals surface area contributed by atoms with Crippen molar-refractivity contribution in [3.05, 3.63) is 0 Å². The van der Waals surface area contributed by atoms with Gasteiger partial charge in [-0.25, -0.2) is 0 Å². The largest absolute Gasteiger partial charge is 0.453 e. The Balaban J connectivity index is 4.53. The van der Waals surface area contributed by atoms with E-state index in [0.717, 1.165) is 0 Å². The maximum Gasteiger partial charge on any atom is 0.453 e. The number of hydrogen-bond acceptors (Lipinski definition) is 1. The van der Waals surface area contributed by atoms with Gasteiger partial charge in [0.25, 0.3) is 0 Å². The number of aliphatic hydroxyl groups is 1. The molecule has 0 saturated carbocycles. The van der Waals surface area contributed by atoms with E-state index in [1.165, 1.54) is 0 Å². The first-order valence-corrected chi connectivity index (χ1v) is 3.07. The monoisotopic (exact) mass is 232 g/mol. The quantitative estimate of drug-likeness (QED) is 0.725. The lowest BCUT2D eigenvalue weighted by Gasteiger charge is -2.23. The summed E-state index contributed by atoms with van der Waals surface area (Å²) in [6.07, 6.45) is -18.0. The third kappa shape index (κ3) is 3.28. The molecule has 0 fully saturated rings. The van der Waals surface area contributed by atoms with Crippen LogP contribution in [0.5, 0.6) is 0 Å². The zero-order valence-corrected chi connectivity index (χ0v) is 6.26.